The van der Waals surface area contributed by atoms with Crippen LogP contribution in [0.25, 0.3) is 0 Å². The van der Waals surface area contributed by atoms with Crippen LogP contribution in [0.2, 0.25) is 0 Å². The van der Waals surface area contributed by atoms with Crippen LogP contribution >= 0.6 is 0 Å². The Morgan fingerprint density at radius 3 is 2.26 bits per heavy atom. The van der Waals surface area contributed by atoms with Gasteiger partial charge in [0.1, 0.15) is 12.6 Å². The summed E-state index contributed by atoms with van der Waals surface area (Å²) in [5, 5.41) is 13.8. The molecule has 0 aromatic carbocycles. The number of rotatable bonds is 6. The summed E-state index contributed by atoms with van der Waals surface area (Å²) in [4.78, 5) is 34.4. The van der Waals surface area contributed by atoms with E-state index in [1.807, 2.05) is 0 Å². The lowest BCUT2D eigenvalue weighted by molar-refractivity contribution is -0.143. The number of nitrogens with one attached hydrogen (secondary N) is 2. The molecule has 7 heteroatoms. The monoisotopic (exact) mass is 274 g/mol. The summed E-state index contributed by atoms with van der Waals surface area (Å²) in [6, 6.07) is -1.08. The molecule has 7 nitrogen and oxygen atoms in total. The number of aliphatic hydroxyl groups excluding tert-OH is 1. The molecule has 1 unspecified atom stereocenters. The number of esters is 1. The van der Waals surface area contributed by atoms with Crippen molar-refractivity contribution >= 4 is 17.8 Å². The van der Waals surface area contributed by atoms with Crippen LogP contribution in [-0.4, -0.2) is 48.7 Å². The highest BCUT2D eigenvalue weighted by Crippen LogP contribution is 2.12. The van der Waals surface area contributed by atoms with Crippen molar-refractivity contribution in [3.63, 3.8) is 0 Å². The molecule has 0 rings (SSSR count). The van der Waals surface area contributed by atoms with Gasteiger partial charge in [-0.05, 0) is 6.92 Å². The van der Waals surface area contributed by atoms with E-state index in [4.69, 9.17) is 5.11 Å². The Balaban J connectivity index is 4.33. The van der Waals surface area contributed by atoms with Crippen LogP contribution in [0.5, 0.6) is 0 Å². The van der Waals surface area contributed by atoms with Crippen molar-refractivity contribution in [2.45, 2.75) is 33.7 Å². The zero-order chi connectivity index (χ0) is 15.1. The second-order valence-electron chi connectivity index (χ2n) is 4.98. The van der Waals surface area contributed by atoms with Crippen molar-refractivity contribution in [3.8, 4) is 0 Å². The third-order valence-electron chi connectivity index (χ3n) is 2.20. The van der Waals surface area contributed by atoms with Gasteiger partial charge in [0, 0.05) is 5.41 Å². The predicted molar refractivity (Wildman–Crippen MR) is 68.1 cm³/mol. The Hall–Kier alpha value is -1.63. The minimum absolute atomic E-state index is 0.221. The Labute approximate surface area is 112 Å². The molecule has 0 fully saturated rings. The summed E-state index contributed by atoms with van der Waals surface area (Å²) in [5.41, 5.74) is -0.672. The van der Waals surface area contributed by atoms with Crippen LogP contribution in [0.3, 0.4) is 0 Å². The Morgan fingerprint density at radius 1 is 1.26 bits per heavy atom. The third kappa shape index (κ3) is 6.76. The van der Waals surface area contributed by atoms with Crippen molar-refractivity contribution in [2.75, 3.05) is 19.8 Å². The van der Waals surface area contributed by atoms with E-state index < -0.39 is 29.9 Å². The van der Waals surface area contributed by atoms with Crippen molar-refractivity contribution in [1.82, 2.24) is 10.6 Å². The van der Waals surface area contributed by atoms with E-state index >= 15 is 0 Å². The van der Waals surface area contributed by atoms with Crippen LogP contribution in [-0.2, 0) is 19.1 Å². The average molecular weight is 274 g/mol. The van der Waals surface area contributed by atoms with E-state index in [-0.39, 0.29) is 19.1 Å². The van der Waals surface area contributed by atoms with E-state index in [0.29, 0.717) is 0 Å². The largest absolute Gasteiger partial charge is 0.465 e. The molecule has 0 aromatic heterocycles. The highest BCUT2D eigenvalue weighted by molar-refractivity contribution is 5.91. The first kappa shape index (κ1) is 17.4. The van der Waals surface area contributed by atoms with Crippen molar-refractivity contribution in [2.24, 2.45) is 5.41 Å². The Morgan fingerprint density at radius 2 is 1.84 bits per heavy atom. The summed E-state index contributed by atoms with van der Waals surface area (Å²) in [6.45, 7) is 6.09. The molecule has 2 amide bonds. The van der Waals surface area contributed by atoms with E-state index in [0.717, 1.165) is 0 Å². The fourth-order valence-electron chi connectivity index (χ4n) is 1.06. The minimum atomic E-state index is -1.08. The van der Waals surface area contributed by atoms with E-state index in [2.05, 4.69) is 15.4 Å². The molecule has 0 bridgehead atoms. The van der Waals surface area contributed by atoms with Gasteiger partial charge in [0.25, 0.3) is 0 Å². The van der Waals surface area contributed by atoms with Gasteiger partial charge in [0.2, 0.25) is 11.8 Å². The van der Waals surface area contributed by atoms with Crippen LogP contribution in [0.15, 0.2) is 0 Å². The number of hydrogen-bond donors (Lipinski definition) is 3. The van der Waals surface area contributed by atoms with Crippen molar-refractivity contribution in [3.05, 3.63) is 0 Å². The molecule has 0 aromatic rings. The quantitative estimate of drug-likeness (QED) is 0.549. The van der Waals surface area contributed by atoms with Gasteiger partial charge in [0.05, 0.1) is 13.2 Å². The normalized spacial score (nSPS) is 12.5. The maximum Gasteiger partial charge on any atom is 0.325 e. The molecule has 0 aliphatic rings. The highest BCUT2D eigenvalue weighted by atomic mass is 16.5. The summed E-state index contributed by atoms with van der Waals surface area (Å²) in [6.07, 6.45) is 0. The molecule has 0 aliphatic carbocycles. The predicted octanol–water partition coefficient (Wildman–Crippen LogP) is -0.811. The number of amides is 2. The van der Waals surface area contributed by atoms with Crippen LogP contribution in [0, 0.1) is 5.41 Å². The molecular weight excluding hydrogens is 252 g/mol. The maximum absolute atomic E-state index is 11.7. The van der Waals surface area contributed by atoms with Gasteiger partial charge in [-0.2, -0.15) is 0 Å². The maximum atomic E-state index is 11.7. The summed E-state index contributed by atoms with van der Waals surface area (Å²) in [7, 11) is 0. The van der Waals surface area contributed by atoms with Crippen LogP contribution in [0.4, 0.5) is 0 Å². The van der Waals surface area contributed by atoms with Gasteiger partial charge < -0.3 is 20.5 Å². The summed E-state index contributed by atoms with van der Waals surface area (Å²) < 4.78 is 4.64. The molecular formula is C12H22N2O5. The van der Waals surface area contributed by atoms with Crippen LogP contribution in [0.1, 0.15) is 27.7 Å². The number of ether oxygens (including phenoxy) is 1. The number of hydrogen-bond acceptors (Lipinski definition) is 5. The fraction of sp³-hybridized carbons (Fsp3) is 0.750. The van der Waals surface area contributed by atoms with Crippen molar-refractivity contribution in [1.29, 1.82) is 0 Å². The number of carbonyl (C=O) groups excluding carboxylic acids is 3. The molecule has 0 heterocycles. The van der Waals surface area contributed by atoms with E-state index in [1.54, 1.807) is 27.7 Å². The molecule has 110 valence electrons. The second kappa shape index (κ2) is 7.73. The first-order chi connectivity index (χ1) is 8.72. The second-order valence-corrected chi connectivity index (χ2v) is 4.98. The van der Waals surface area contributed by atoms with Gasteiger partial charge in [-0.25, -0.2) is 0 Å². The summed E-state index contributed by atoms with van der Waals surface area (Å²) in [5.74, 6) is -1.57. The lowest BCUT2D eigenvalue weighted by Crippen LogP contribution is -2.52. The van der Waals surface area contributed by atoms with Gasteiger partial charge in [-0.1, -0.05) is 20.8 Å². The standard InChI is InChI=1S/C12H22N2O5/c1-5-19-9(16)6-13-10(17)8(7-15)14-11(18)12(2,3)4/h8,15H,5-7H2,1-4H3,(H,13,17)(H,14,18). The van der Waals surface area contributed by atoms with E-state index in [9.17, 15) is 14.4 Å². The Bertz CT molecular complexity index is 336. The topological polar surface area (TPSA) is 105 Å². The van der Waals surface area contributed by atoms with Gasteiger partial charge in [-0.15, -0.1) is 0 Å². The lowest BCUT2D eigenvalue weighted by Gasteiger charge is -2.22. The molecule has 19 heavy (non-hydrogen) atoms. The zero-order valence-electron chi connectivity index (χ0n) is 11.8. The Kier molecular flexibility index (Phi) is 7.06. The first-order valence-electron chi connectivity index (χ1n) is 6.07. The molecule has 0 aliphatic heterocycles. The van der Waals surface area contributed by atoms with Crippen LogP contribution < -0.4 is 10.6 Å². The highest BCUT2D eigenvalue weighted by Gasteiger charge is 2.27. The molecule has 0 saturated heterocycles. The van der Waals surface area contributed by atoms with Gasteiger partial charge in [-0.3, -0.25) is 14.4 Å². The molecule has 3 N–H and O–H groups in total. The smallest absolute Gasteiger partial charge is 0.325 e. The molecule has 1 atom stereocenters. The average Bonchev–Trinajstić information content (AvgIpc) is 2.31. The molecule has 0 saturated carbocycles. The van der Waals surface area contributed by atoms with Crippen molar-refractivity contribution < 1.29 is 24.2 Å². The SMILES string of the molecule is CCOC(=O)CNC(=O)C(CO)NC(=O)C(C)(C)C. The third-order valence-corrected chi connectivity index (χ3v) is 2.20. The fourth-order valence-corrected chi connectivity index (χ4v) is 1.06. The number of aliphatic hydroxyl groups is 1. The van der Waals surface area contributed by atoms with E-state index in [1.165, 1.54) is 0 Å². The molecule has 0 radical (unpaired) electrons. The van der Waals surface area contributed by atoms with Gasteiger partial charge in [0.15, 0.2) is 0 Å². The summed E-state index contributed by atoms with van der Waals surface area (Å²) >= 11 is 0. The minimum Gasteiger partial charge on any atom is -0.465 e. The van der Waals surface area contributed by atoms with Gasteiger partial charge >= 0.3 is 5.97 Å². The number of carbonyl (C=O) groups is 3. The lowest BCUT2D eigenvalue weighted by atomic mass is 9.95. The molecule has 0 spiro atoms. The first-order valence-corrected chi connectivity index (χ1v) is 6.07. The zero-order valence-corrected chi connectivity index (χ0v) is 11.8.